The lowest BCUT2D eigenvalue weighted by atomic mass is 9.82. The molecule has 108 valence electrons. The number of carbonyl (C=O) groups is 3. The van der Waals surface area contributed by atoms with E-state index in [4.69, 9.17) is 5.11 Å². The van der Waals surface area contributed by atoms with Crippen LogP contribution < -0.4 is 0 Å². The monoisotopic (exact) mass is 269 g/mol. The van der Waals surface area contributed by atoms with E-state index >= 15 is 0 Å². The van der Waals surface area contributed by atoms with Crippen molar-refractivity contribution in [2.75, 3.05) is 6.54 Å². The Morgan fingerprint density at radius 1 is 1.26 bits per heavy atom. The Morgan fingerprint density at radius 3 is 2.42 bits per heavy atom. The molecular formula is C14H23NO4. The van der Waals surface area contributed by atoms with Gasteiger partial charge in [0.05, 0.1) is 0 Å². The van der Waals surface area contributed by atoms with Crippen molar-refractivity contribution in [3.8, 4) is 0 Å². The number of hydrogen-bond acceptors (Lipinski definition) is 3. The van der Waals surface area contributed by atoms with E-state index in [-0.39, 0.29) is 0 Å². The molecule has 0 bridgehead atoms. The van der Waals surface area contributed by atoms with Crippen LogP contribution >= 0.6 is 0 Å². The van der Waals surface area contributed by atoms with Crippen LogP contribution in [-0.4, -0.2) is 40.3 Å². The zero-order valence-electron chi connectivity index (χ0n) is 11.9. The molecule has 1 rings (SSSR count). The quantitative estimate of drug-likeness (QED) is 0.773. The third kappa shape index (κ3) is 3.55. The number of Topliss-reactive ketones (excluding diaryl/α,β-unsaturated/α-hetero) is 1. The number of carboxylic acids is 1. The summed E-state index contributed by atoms with van der Waals surface area (Å²) in [7, 11) is 0. The molecule has 1 unspecified atom stereocenters. The van der Waals surface area contributed by atoms with Crippen LogP contribution in [0.1, 0.15) is 52.9 Å². The fourth-order valence-electron chi connectivity index (χ4n) is 2.59. The average molecular weight is 269 g/mol. The maximum absolute atomic E-state index is 12.2. The molecule has 0 saturated carbocycles. The molecule has 1 atom stereocenters. The van der Waals surface area contributed by atoms with E-state index < -0.39 is 29.1 Å². The summed E-state index contributed by atoms with van der Waals surface area (Å²) in [6.07, 6.45) is 3.42. The summed E-state index contributed by atoms with van der Waals surface area (Å²) in [4.78, 5) is 36.9. The van der Waals surface area contributed by atoms with Crippen LogP contribution in [0, 0.1) is 5.41 Å². The molecule has 1 saturated heterocycles. The first-order valence-electron chi connectivity index (χ1n) is 6.89. The van der Waals surface area contributed by atoms with Gasteiger partial charge in [0.1, 0.15) is 6.04 Å². The van der Waals surface area contributed by atoms with E-state index in [1.807, 2.05) is 6.92 Å². The predicted octanol–water partition coefficient (Wildman–Crippen LogP) is 1.85. The molecule has 1 N–H and O–H groups in total. The lowest BCUT2D eigenvalue weighted by Crippen LogP contribution is -2.52. The fraction of sp³-hybridized carbons (Fsp3) is 0.786. The van der Waals surface area contributed by atoms with Crippen molar-refractivity contribution in [3.05, 3.63) is 0 Å². The van der Waals surface area contributed by atoms with E-state index in [9.17, 15) is 14.4 Å². The van der Waals surface area contributed by atoms with Crippen LogP contribution in [-0.2, 0) is 14.4 Å². The highest BCUT2D eigenvalue weighted by atomic mass is 16.4. The molecule has 0 aromatic rings. The van der Waals surface area contributed by atoms with Gasteiger partial charge < -0.3 is 10.0 Å². The minimum atomic E-state index is -1.02. The standard InChI is InChI=1S/C14H23NO4/c1-4-8-14(2,3)11(16)12(17)15-9-6-5-7-10(15)13(18)19/h10H,4-9H2,1-3H3,(H,18,19). The van der Waals surface area contributed by atoms with Crippen molar-refractivity contribution in [2.45, 2.75) is 58.9 Å². The topological polar surface area (TPSA) is 74.7 Å². The number of piperidine rings is 1. The van der Waals surface area contributed by atoms with E-state index in [1.54, 1.807) is 13.8 Å². The minimum absolute atomic E-state index is 0.365. The summed E-state index contributed by atoms with van der Waals surface area (Å²) in [6.45, 7) is 5.82. The van der Waals surface area contributed by atoms with Crippen LogP contribution in [0.3, 0.4) is 0 Å². The SMILES string of the molecule is CCCC(C)(C)C(=O)C(=O)N1CCCCC1C(=O)O. The second-order valence-corrected chi connectivity index (χ2v) is 5.81. The number of nitrogens with zero attached hydrogens (tertiary/aromatic N) is 1. The number of hydrogen-bond donors (Lipinski definition) is 1. The third-order valence-corrected chi connectivity index (χ3v) is 3.73. The molecule has 1 aliphatic heterocycles. The number of ketones is 1. The summed E-state index contributed by atoms with van der Waals surface area (Å²) < 4.78 is 0. The van der Waals surface area contributed by atoms with E-state index in [0.717, 1.165) is 19.3 Å². The summed E-state index contributed by atoms with van der Waals surface area (Å²) in [6, 6.07) is -0.845. The number of carboxylic acid groups (broad SMARTS) is 1. The van der Waals surface area contributed by atoms with Gasteiger partial charge in [-0.2, -0.15) is 0 Å². The van der Waals surface area contributed by atoms with E-state index in [2.05, 4.69) is 0 Å². The van der Waals surface area contributed by atoms with Gasteiger partial charge in [-0.1, -0.05) is 27.2 Å². The number of carbonyl (C=O) groups excluding carboxylic acids is 2. The summed E-state index contributed by atoms with van der Waals surface area (Å²) >= 11 is 0. The first-order chi connectivity index (χ1) is 8.81. The van der Waals surface area contributed by atoms with Crippen LogP contribution in [0.4, 0.5) is 0 Å². The summed E-state index contributed by atoms with van der Waals surface area (Å²) in [5.41, 5.74) is -0.716. The Morgan fingerprint density at radius 2 is 1.89 bits per heavy atom. The fourth-order valence-corrected chi connectivity index (χ4v) is 2.59. The van der Waals surface area contributed by atoms with Gasteiger partial charge in [-0.05, 0) is 25.7 Å². The Labute approximate surface area is 114 Å². The van der Waals surface area contributed by atoms with E-state index in [1.165, 1.54) is 4.90 Å². The highest BCUT2D eigenvalue weighted by molar-refractivity contribution is 6.38. The van der Waals surface area contributed by atoms with Crippen molar-refractivity contribution in [1.29, 1.82) is 0 Å². The zero-order valence-corrected chi connectivity index (χ0v) is 11.9. The molecule has 1 fully saturated rings. The Hall–Kier alpha value is -1.39. The predicted molar refractivity (Wildman–Crippen MR) is 70.7 cm³/mol. The smallest absolute Gasteiger partial charge is 0.326 e. The van der Waals surface area contributed by atoms with Crippen LogP contribution in [0.5, 0.6) is 0 Å². The van der Waals surface area contributed by atoms with Crippen molar-refractivity contribution in [3.63, 3.8) is 0 Å². The van der Waals surface area contributed by atoms with Crippen LogP contribution in [0.2, 0.25) is 0 Å². The number of aliphatic carboxylic acids is 1. The van der Waals surface area contributed by atoms with Gasteiger partial charge in [0.2, 0.25) is 5.78 Å². The van der Waals surface area contributed by atoms with Crippen molar-refractivity contribution in [2.24, 2.45) is 5.41 Å². The highest BCUT2D eigenvalue weighted by Gasteiger charge is 2.40. The molecule has 0 radical (unpaired) electrons. The van der Waals surface area contributed by atoms with Gasteiger partial charge in [0.25, 0.3) is 5.91 Å². The molecule has 0 aromatic carbocycles. The zero-order chi connectivity index (χ0) is 14.6. The first kappa shape index (κ1) is 15.7. The minimum Gasteiger partial charge on any atom is -0.480 e. The molecular weight excluding hydrogens is 246 g/mol. The third-order valence-electron chi connectivity index (χ3n) is 3.73. The second kappa shape index (κ2) is 6.17. The first-order valence-corrected chi connectivity index (χ1v) is 6.89. The number of rotatable bonds is 5. The number of amides is 1. The van der Waals surface area contributed by atoms with Gasteiger partial charge >= 0.3 is 5.97 Å². The summed E-state index contributed by atoms with van der Waals surface area (Å²) in [5.74, 6) is -2.12. The lowest BCUT2D eigenvalue weighted by Gasteiger charge is -2.34. The van der Waals surface area contributed by atoms with Crippen LogP contribution in [0.15, 0.2) is 0 Å². The van der Waals surface area contributed by atoms with E-state index in [0.29, 0.717) is 19.4 Å². The van der Waals surface area contributed by atoms with Gasteiger partial charge in [-0.15, -0.1) is 0 Å². The Bertz CT molecular complexity index is 376. The summed E-state index contributed by atoms with van der Waals surface area (Å²) in [5, 5.41) is 9.14. The molecule has 1 aliphatic rings. The van der Waals surface area contributed by atoms with Crippen molar-refractivity contribution >= 4 is 17.7 Å². The van der Waals surface area contributed by atoms with Gasteiger partial charge in [0, 0.05) is 12.0 Å². The molecule has 0 spiro atoms. The van der Waals surface area contributed by atoms with Crippen molar-refractivity contribution in [1.82, 2.24) is 4.90 Å². The second-order valence-electron chi connectivity index (χ2n) is 5.81. The maximum atomic E-state index is 12.2. The van der Waals surface area contributed by atoms with Gasteiger partial charge in [-0.25, -0.2) is 4.79 Å². The molecule has 19 heavy (non-hydrogen) atoms. The Kier molecular flexibility index (Phi) is 5.09. The number of likely N-dealkylation sites (tertiary alicyclic amines) is 1. The normalized spacial score (nSPS) is 20.2. The lowest BCUT2D eigenvalue weighted by molar-refractivity contribution is -0.158. The highest BCUT2D eigenvalue weighted by Crippen LogP contribution is 2.26. The Balaban J connectivity index is 2.85. The molecule has 5 heteroatoms. The van der Waals surface area contributed by atoms with Gasteiger partial charge in [0.15, 0.2) is 0 Å². The average Bonchev–Trinajstić information content (AvgIpc) is 2.36. The molecule has 0 aromatic heterocycles. The molecule has 1 amide bonds. The molecule has 1 heterocycles. The molecule has 5 nitrogen and oxygen atoms in total. The van der Waals surface area contributed by atoms with Gasteiger partial charge in [-0.3, -0.25) is 9.59 Å². The van der Waals surface area contributed by atoms with Crippen LogP contribution in [0.25, 0.3) is 0 Å². The largest absolute Gasteiger partial charge is 0.480 e. The maximum Gasteiger partial charge on any atom is 0.326 e. The molecule has 0 aliphatic carbocycles. The van der Waals surface area contributed by atoms with Crippen molar-refractivity contribution < 1.29 is 19.5 Å².